The first-order valence-electron chi connectivity index (χ1n) is 3.86. The fourth-order valence-corrected chi connectivity index (χ4v) is 0.975. The molecular weight excluding hydrogens is 170 g/mol. The summed E-state index contributed by atoms with van der Waals surface area (Å²) in [6.07, 6.45) is 0.382. The first-order chi connectivity index (χ1) is 6.20. The van der Waals surface area contributed by atoms with Crippen LogP contribution >= 0.6 is 0 Å². The van der Waals surface area contributed by atoms with Gasteiger partial charge in [0.25, 0.3) is 0 Å². The molecule has 0 bridgehead atoms. The van der Waals surface area contributed by atoms with Crippen LogP contribution in [0.5, 0.6) is 5.75 Å². The molecule has 1 aromatic rings. The molecule has 0 aliphatic carbocycles. The van der Waals surface area contributed by atoms with Crippen LogP contribution in [-0.2, 0) is 0 Å². The summed E-state index contributed by atoms with van der Waals surface area (Å²) in [4.78, 5) is 10.4. The van der Waals surface area contributed by atoms with Crippen molar-refractivity contribution in [3.8, 4) is 5.75 Å². The van der Waals surface area contributed by atoms with Gasteiger partial charge in [0.1, 0.15) is 7.85 Å². The van der Waals surface area contributed by atoms with Crippen LogP contribution in [0.2, 0.25) is 0 Å². The van der Waals surface area contributed by atoms with Crippen LogP contribution in [0.15, 0.2) is 12.1 Å². The average molecular weight is 178 g/mol. The van der Waals surface area contributed by atoms with Crippen LogP contribution < -0.4 is 10.2 Å². The van der Waals surface area contributed by atoms with Gasteiger partial charge in [-0.2, -0.15) is 0 Å². The van der Waals surface area contributed by atoms with Crippen molar-refractivity contribution in [1.29, 1.82) is 0 Å². The second-order valence-electron chi connectivity index (χ2n) is 2.43. The minimum absolute atomic E-state index is 0.0544. The van der Waals surface area contributed by atoms with Gasteiger partial charge in [0.05, 0.1) is 6.61 Å². The van der Waals surface area contributed by atoms with Crippen molar-refractivity contribution in [2.75, 3.05) is 6.61 Å². The highest BCUT2D eigenvalue weighted by molar-refractivity contribution is 6.35. The maximum Gasteiger partial charge on any atom is 0.174 e. The molecule has 0 fully saturated rings. The molecule has 0 aliphatic rings. The number of carbonyl (C=O) groups excluding carboxylic acids is 1. The molecule has 1 rings (SSSR count). The summed E-state index contributed by atoms with van der Waals surface area (Å²) in [6.45, 7) is 2.08. The second-order valence-corrected chi connectivity index (χ2v) is 2.43. The smallest absolute Gasteiger partial charge is 0.174 e. The second kappa shape index (κ2) is 4.07. The van der Waals surface area contributed by atoms with Crippen molar-refractivity contribution in [3.05, 3.63) is 23.5 Å². The van der Waals surface area contributed by atoms with E-state index in [0.29, 0.717) is 12.9 Å². The SMILES string of the molecule is [B]c1ccc(OCC)c(F)c1C=O. The highest BCUT2D eigenvalue weighted by Crippen LogP contribution is 2.17. The Morgan fingerprint density at radius 2 is 2.31 bits per heavy atom. The zero-order valence-electron chi connectivity index (χ0n) is 7.21. The molecule has 4 heteroatoms. The van der Waals surface area contributed by atoms with Crippen LogP contribution in [0.25, 0.3) is 0 Å². The lowest BCUT2D eigenvalue weighted by Crippen LogP contribution is -2.13. The summed E-state index contributed by atoms with van der Waals surface area (Å²) >= 11 is 0. The predicted octanol–water partition coefficient (Wildman–Crippen LogP) is 0.831. The molecule has 0 saturated heterocycles. The van der Waals surface area contributed by atoms with Gasteiger partial charge in [-0.1, -0.05) is 11.5 Å². The third kappa shape index (κ3) is 1.88. The number of hydrogen-bond donors (Lipinski definition) is 0. The van der Waals surface area contributed by atoms with E-state index in [2.05, 4.69) is 0 Å². The Bertz CT molecular complexity index is 326. The molecule has 0 atom stereocenters. The number of benzene rings is 1. The minimum atomic E-state index is -0.697. The van der Waals surface area contributed by atoms with Crippen LogP contribution in [0.4, 0.5) is 4.39 Å². The predicted molar refractivity (Wildman–Crippen MR) is 48.3 cm³/mol. The number of hydrogen-bond acceptors (Lipinski definition) is 2. The minimum Gasteiger partial charge on any atom is -0.491 e. The van der Waals surface area contributed by atoms with Crippen molar-refractivity contribution in [1.82, 2.24) is 0 Å². The molecule has 0 aliphatic heterocycles. The Balaban J connectivity index is 3.19. The third-order valence-electron chi connectivity index (χ3n) is 1.60. The Labute approximate surface area is 77.1 Å². The highest BCUT2D eigenvalue weighted by Gasteiger charge is 2.10. The molecule has 66 valence electrons. The molecular formula is C9H8BFO2. The van der Waals surface area contributed by atoms with Crippen molar-refractivity contribution in [2.24, 2.45) is 0 Å². The molecule has 1 aromatic carbocycles. The number of rotatable bonds is 3. The van der Waals surface area contributed by atoms with Crippen LogP contribution in [-0.4, -0.2) is 20.7 Å². The van der Waals surface area contributed by atoms with Gasteiger partial charge in [-0.3, -0.25) is 4.79 Å². The van der Waals surface area contributed by atoms with E-state index in [0.717, 1.165) is 0 Å². The van der Waals surface area contributed by atoms with Gasteiger partial charge in [-0.25, -0.2) is 4.39 Å². The van der Waals surface area contributed by atoms with Crippen molar-refractivity contribution >= 4 is 19.6 Å². The first kappa shape index (κ1) is 9.77. The summed E-state index contributed by atoms with van der Waals surface area (Å²) in [7, 11) is 5.37. The quantitative estimate of drug-likeness (QED) is 0.506. The van der Waals surface area contributed by atoms with Crippen LogP contribution in [0.1, 0.15) is 17.3 Å². The fraction of sp³-hybridized carbons (Fsp3) is 0.222. The molecule has 2 radical (unpaired) electrons. The topological polar surface area (TPSA) is 26.3 Å². The largest absolute Gasteiger partial charge is 0.491 e. The Morgan fingerprint density at radius 1 is 1.62 bits per heavy atom. The summed E-state index contributed by atoms with van der Waals surface area (Å²) < 4.78 is 18.2. The van der Waals surface area contributed by atoms with E-state index in [1.807, 2.05) is 0 Å². The molecule has 13 heavy (non-hydrogen) atoms. The summed E-state index contributed by atoms with van der Waals surface area (Å²) in [5.41, 5.74) is -0.0260. The van der Waals surface area contributed by atoms with E-state index in [9.17, 15) is 9.18 Å². The van der Waals surface area contributed by atoms with E-state index >= 15 is 0 Å². The fourth-order valence-electron chi connectivity index (χ4n) is 0.975. The Kier molecular flexibility index (Phi) is 3.06. The van der Waals surface area contributed by atoms with E-state index < -0.39 is 5.82 Å². The number of halogens is 1. The lowest BCUT2D eigenvalue weighted by Gasteiger charge is -2.07. The Hall–Kier alpha value is -1.32. The van der Waals surface area contributed by atoms with Gasteiger partial charge >= 0.3 is 0 Å². The van der Waals surface area contributed by atoms with Gasteiger partial charge in [0, 0.05) is 5.56 Å². The van der Waals surface area contributed by atoms with Crippen molar-refractivity contribution in [2.45, 2.75) is 6.92 Å². The lowest BCUT2D eigenvalue weighted by molar-refractivity contribution is 0.112. The normalized spacial score (nSPS) is 9.69. The van der Waals surface area contributed by atoms with Gasteiger partial charge in [0.2, 0.25) is 0 Å². The number of carbonyl (C=O) groups is 1. The summed E-state index contributed by atoms with van der Waals surface area (Å²) in [5.74, 6) is -0.643. The molecule has 0 saturated carbocycles. The van der Waals surface area contributed by atoms with Crippen molar-refractivity contribution in [3.63, 3.8) is 0 Å². The molecule has 0 aromatic heterocycles. The molecule has 2 nitrogen and oxygen atoms in total. The van der Waals surface area contributed by atoms with Gasteiger partial charge in [0.15, 0.2) is 17.9 Å². The monoisotopic (exact) mass is 178 g/mol. The lowest BCUT2D eigenvalue weighted by atomic mass is 9.90. The molecule has 0 amide bonds. The maximum atomic E-state index is 13.3. The summed E-state index contributed by atoms with van der Waals surface area (Å²) in [6, 6.07) is 2.85. The van der Waals surface area contributed by atoms with Gasteiger partial charge in [-0.15, -0.1) is 0 Å². The van der Waals surface area contributed by atoms with E-state index in [-0.39, 0.29) is 16.8 Å². The molecule has 0 heterocycles. The zero-order chi connectivity index (χ0) is 9.84. The third-order valence-corrected chi connectivity index (χ3v) is 1.60. The maximum absolute atomic E-state index is 13.3. The zero-order valence-corrected chi connectivity index (χ0v) is 7.21. The van der Waals surface area contributed by atoms with E-state index in [1.54, 1.807) is 6.92 Å². The number of ether oxygens (including phenoxy) is 1. The number of aldehydes is 1. The van der Waals surface area contributed by atoms with Crippen LogP contribution in [0, 0.1) is 5.82 Å². The summed E-state index contributed by atoms with van der Waals surface area (Å²) in [5, 5.41) is 0. The Morgan fingerprint density at radius 3 is 2.85 bits per heavy atom. The first-order valence-corrected chi connectivity index (χ1v) is 3.86. The molecule has 0 N–H and O–H groups in total. The average Bonchev–Trinajstić information content (AvgIpc) is 2.11. The van der Waals surface area contributed by atoms with Crippen LogP contribution in [0.3, 0.4) is 0 Å². The van der Waals surface area contributed by atoms with E-state index in [4.69, 9.17) is 12.6 Å². The molecule has 0 spiro atoms. The highest BCUT2D eigenvalue weighted by atomic mass is 19.1. The van der Waals surface area contributed by atoms with E-state index in [1.165, 1.54) is 12.1 Å². The molecule has 0 unspecified atom stereocenters. The standard InChI is InChI=1S/C9H8BFO2/c1-2-13-8-4-3-7(10)6(5-12)9(8)11/h3-5H,2H2,1H3. The van der Waals surface area contributed by atoms with Gasteiger partial charge in [-0.05, 0) is 13.0 Å². The van der Waals surface area contributed by atoms with Gasteiger partial charge < -0.3 is 4.74 Å². The van der Waals surface area contributed by atoms with Crippen molar-refractivity contribution < 1.29 is 13.9 Å².